The average molecular weight is 444 g/mol. The molecule has 1 saturated heterocycles. The number of hydrogen-bond acceptors (Lipinski definition) is 6. The number of fused-ring (bicyclic) bond motifs is 1. The number of thiazole rings is 1. The van der Waals surface area contributed by atoms with E-state index in [2.05, 4.69) is 17.1 Å². The first-order valence-corrected chi connectivity index (χ1v) is 11.8. The first kappa shape index (κ1) is 21.8. The number of aromatic nitrogens is 1. The van der Waals surface area contributed by atoms with E-state index < -0.39 is 5.97 Å². The van der Waals surface area contributed by atoms with Crippen LogP contribution >= 0.6 is 11.3 Å². The van der Waals surface area contributed by atoms with Crippen LogP contribution in [0, 0.1) is 11.8 Å². The van der Waals surface area contributed by atoms with Crippen molar-refractivity contribution in [2.75, 3.05) is 13.7 Å². The van der Waals surface area contributed by atoms with Gasteiger partial charge in [0, 0.05) is 5.38 Å². The normalized spacial score (nSPS) is 25.5. The largest absolute Gasteiger partial charge is 0.497 e. The van der Waals surface area contributed by atoms with Gasteiger partial charge in [0.15, 0.2) is 5.69 Å². The van der Waals surface area contributed by atoms with Gasteiger partial charge < -0.3 is 19.3 Å². The summed E-state index contributed by atoms with van der Waals surface area (Å²) in [5.41, 5.74) is 0.119. The van der Waals surface area contributed by atoms with E-state index >= 15 is 0 Å². The molecule has 2 aliphatic rings. The third-order valence-electron chi connectivity index (χ3n) is 6.16. The Morgan fingerprint density at radius 2 is 2.03 bits per heavy atom. The summed E-state index contributed by atoms with van der Waals surface area (Å²) in [6, 6.07) is 7.67. The maximum absolute atomic E-state index is 11.1. The van der Waals surface area contributed by atoms with Gasteiger partial charge in [-0.3, -0.25) is 0 Å². The SMILES string of the molecule is COc1ccc(OCCC/C=C/C2CC[C@@H]3O[C@@H](c4nc(C(=O)O)cs4)CC[C@H]23)cc1. The van der Waals surface area contributed by atoms with Crippen LogP contribution in [0.15, 0.2) is 41.8 Å². The molecule has 166 valence electrons. The van der Waals surface area contributed by atoms with Gasteiger partial charge in [-0.05, 0) is 74.6 Å². The number of allylic oxidation sites excluding steroid dienone is 2. The third kappa shape index (κ3) is 5.46. The molecule has 0 amide bonds. The molecule has 1 aromatic carbocycles. The Kier molecular flexibility index (Phi) is 7.25. The number of nitrogens with zero attached hydrogens (tertiary/aromatic N) is 1. The minimum absolute atomic E-state index is 0.0582. The van der Waals surface area contributed by atoms with Crippen molar-refractivity contribution < 1.29 is 24.1 Å². The number of methoxy groups -OCH3 is 1. The number of carbonyl (C=O) groups is 1. The molecule has 1 N–H and O–H groups in total. The highest BCUT2D eigenvalue weighted by Gasteiger charge is 2.41. The molecule has 1 unspecified atom stereocenters. The van der Waals surface area contributed by atoms with E-state index in [1.165, 1.54) is 11.3 Å². The second-order valence-corrected chi connectivity index (χ2v) is 9.01. The fourth-order valence-corrected chi connectivity index (χ4v) is 5.40. The third-order valence-corrected chi connectivity index (χ3v) is 7.09. The highest BCUT2D eigenvalue weighted by atomic mass is 32.1. The molecule has 31 heavy (non-hydrogen) atoms. The molecule has 1 saturated carbocycles. The molecule has 0 radical (unpaired) electrons. The summed E-state index contributed by atoms with van der Waals surface area (Å²) in [6.07, 6.45) is 11.1. The number of rotatable bonds is 9. The number of hydrogen-bond donors (Lipinski definition) is 1. The van der Waals surface area contributed by atoms with Crippen LogP contribution in [-0.4, -0.2) is 35.9 Å². The summed E-state index contributed by atoms with van der Waals surface area (Å²) in [5, 5.41) is 11.5. The molecule has 4 rings (SSSR count). The summed E-state index contributed by atoms with van der Waals surface area (Å²) in [5.74, 6) is 1.85. The Morgan fingerprint density at radius 3 is 2.77 bits per heavy atom. The van der Waals surface area contributed by atoms with E-state index in [9.17, 15) is 4.79 Å². The molecular formula is C24H29NO5S. The van der Waals surface area contributed by atoms with Gasteiger partial charge >= 0.3 is 5.97 Å². The Morgan fingerprint density at radius 1 is 1.23 bits per heavy atom. The summed E-state index contributed by atoms with van der Waals surface area (Å²) >= 11 is 1.39. The molecule has 2 aromatic rings. The van der Waals surface area contributed by atoms with Crippen LogP contribution in [0.2, 0.25) is 0 Å². The smallest absolute Gasteiger partial charge is 0.355 e. The van der Waals surface area contributed by atoms with E-state index in [-0.39, 0.29) is 17.9 Å². The lowest BCUT2D eigenvalue weighted by molar-refractivity contribution is -0.0763. The standard InChI is InChI=1S/C24H29NO5S/c1-28-17-7-9-18(10-8-17)29-14-4-2-3-5-16-6-12-21-19(16)11-13-22(30-21)23-25-20(15-31-23)24(26)27/h3,5,7-10,15-16,19,21-22H,2,4,6,11-14H2,1H3,(H,26,27)/b5-3+/t16?,19-,21+,22-/m1/s1. The molecular weight excluding hydrogens is 414 g/mol. The highest BCUT2D eigenvalue weighted by Crippen LogP contribution is 2.46. The van der Waals surface area contributed by atoms with Crippen molar-refractivity contribution in [1.82, 2.24) is 4.98 Å². The minimum Gasteiger partial charge on any atom is -0.497 e. The lowest BCUT2D eigenvalue weighted by Gasteiger charge is -2.33. The van der Waals surface area contributed by atoms with Gasteiger partial charge in [0.25, 0.3) is 0 Å². The monoisotopic (exact) mass is 443 g/mol. The van der Waals surface area contributed by atoms with E-state index in [1.54, 1.807) is 12.5 Å². The van der Waals surface area contributed by atoms with E-state index in [4.69, 9.17) is 19.3 Å². The van der Waals surface area contributed by atoms with Gasteiger partial charge in [-0.15, -0.1) is 11.3 Å². The number of carboxylic acid groups (broad SMARTS) is 1. The van der Waals surface area contributed by atoms with Gasteiger partial charge in [0.2, 0.25) is 0 Å². The number of ether oxygens (including phenoxy) is 3. The summed E-state index contributed by atoms with van der Waals surface area (Å²) < 4.78 is 17.3. The zero-order valence-electron chi connectivity index (χ0n) is 17.7. The van der Waals surface area contributed by atoms with Crippen LogP contribution in [0.3, 0.4) is 0 Å². The molecule has 0 bridgehead atoms. The maximum atomic E-state index is 11.1. The number of unbranched alkanes of at least 4 members (excludes halogenated alkanes) is 1. The van der Waals surface area contributed by atoms with Crippen molar-refractivity contribution in [3.8, 4) is 11.5 Å². The van der Waals surface area contributed by atoms with Crippen molar-refractivity contribution in [2.24, 2.45) is 11.8 Å². The van der Waals surface area contributed by atoms with Crippen molar-refractivity contribution in [2.45, 2.75) is 50.7 Å². The van der Waals surface area contributed by atoms with Gasteiger partial charge in [0.1, 0.15) is 22.6 Å². The molecule has 0 spiro atoms. The predicted octanol–water partition coefficient (Wildman–Crippen LogP) is 5.51. The topological polar surface area (TPSA) is 77.9 Å². The predicted molar refractivity (Wildman–Crippen MR) is 119 cm³/mol. The fourth-order valence-electron chi connectivity index (χ4n) is 4.54. The molecule has 1 aliphatic heterocycles. The maximum Gasteiger partial charge on any atom is 0.355 e. The molecule has 2 fully saturated rings. The van der Waals surface area contributed by atoms with Crippen LogP contribution in [0.1, 0.15) is 60.1 Å². The van der Waals surface area contributed by atoms with Crippen molar-refractivity contribution >= 4 is 17.3 Å². The lowest BCUT2D eigenvalue weighted by Crippen LogP contribution is -2.29. The fraction of sp³-hybridized carbons (Fsp3) is 0.500. The second kappa shape index (κ2) is 10.3. The molecule has 7 heteroatoms. The molecule has 4 atom stereocenters. The second-order valence-electron chi connectivity index (χ2n) is 8.12. The minimum atomic E-state index is -0.975. The zero-order valence-corrected chi connectivity index (χ0v) is 18.6. The van der Waals surface area contributed by atoms with E-state index in [0.717, 1.165) is 55.0 Å². The zero-order chi connectivity index (χ0) is 21.6. The van der Waals surface area contributed by atoms with Gasteiger partial charge in [0.05, 0.1) is 19.8 Å². The van der Waals surface area contributed by atoms with Gasteiger partial charge in [-0.2, -0.15) is 0 Å². The van der Waals surface area contributed by atoms with E-state index in [1.807, 2.05) is 24.3 Å². The Labute approximate surface area is 186 Å². The lowest BCUT2D eigenvalue weighted by atomic mass is 9.86. The molecule has 1 aliphatic carbocycles. The van der Waals surface area contributed by atoms with Crippen LogP contribution in [0.4, 0.5) is 0 Å². The average Bonchev–Trinajstić information content (AvgIpc) is 3.44. The van der Waals surface area contributed by atoms with Gasteiger partial charge in [-0.1, -0.05) is 12.2 Å². The summed E-state index contributed by atoms with van der Waals surface area (Å²) in [7, 11) is 1.66. The molecule has 2 heterocycles. The van der Waals surface area contributed by atoms with Crippen LogP contribution < -0.4 is 9.47 Å². The van der Waals surface area contributed by atoms with Gasteiger partial charge in [-0.25, -0.2) is 9.78 Å². The Balaban J connectivity index is 1.18. The van der Waals surface area contributed by atoms with Crippen molar-refractivity contribution in [1.29, 1.82) is 0 Å². The Hall–Kier alpha value is -2.38. The van der Waals surface area contributed by atoms with Crippen molar-refractivity contribution in [3.63, 3.8) is 0 Å². The quantitative estimate of drug-likeness (QED) is 0.407. The number of benzene rings is 1. The molecule has 1 aromatic heterocycles. The first-order valence-electron chi connectivity index (χ1n) is 10.9. The Bertz CT molecular complexity index is 894. The highest BCUT2D eigenvalue weighted by molar-refractivity contribution is 7.09. The van der Waals surface area contributed by atoms with Crippen molar-refractivity contribution in [3.05, 3.63) is 52.5 Å². The first-order chi connectivity index (χ1) is 15.1. The summed E-state index contributed by atoms with van der Waals surface area (Å²) in [6.45, 7) is 0.699. The van der Waals surface area contributed by atoms with E-state index in [0.29, 0.717) is 18.4 Å². The number of carboxylic acids is 1. The number of aromatic carboxylic acids is 1. The van der Waals surface area contributed by atoms with Crippen LogP contribution in [0.5, 0.6) is 11.5 Å². The summed E-state index contributed by atoms with van der Waals surface area (Å²) in [4.78, 5) is 15.3. The van der Waals surface area contributed by atoms with Crippen LogP contribution in [0.25, 0.3) is 0 Å². The van der Waals surface area contributed by atoms with Crippen LogP contribution in [-0.2, 0) is 4.74 Å². The molecule has 6 nitrogen and oxygen atoms in total.